The normalized spacial score (nSPS) is 17.2. The largest absolute Gasteiger partial charge is 0.497 e. The van der Waals surface area contributed by atoms with Gasteiger partial charge in [0, 0.05) is 4.43 Å². The van der Waals surface area contributed by atoms with Gasteiger partial charge in [-0.1, -0.05) is 40.3 Å². The second-order valence-corrected chi connectivity index (χ2v) is 8.32. The molecule has 1 atom stereocenters. The Kier molecular flexibility index (Phi) is 4.55. The highest BCUT2D eigenvalue weighted by Crippen LogP contribution is 2.39. The monoisotopic (exact) mass is 443 g/mol. The minimum Gasteiger partial charge on any atom is -0.497 e. The Bertz CT molecular complexity index is 818. The summed E-state index contributed by atoms with van der Waals surface area (Å²) in [5.41, 5.74) is 2.82. The number of anilines is 1. The number of rotatable bonds is 4. The summed E-state index contributed by atoms with van der Waals surface area (Å²) < 4.78 is 33.8. The van der Waals surface area contributed by atoms with Gasteiger partial charge in [-0.15, -0.1) is 0 Å². The van der Waals surface area contributed by atoms with E-state index < -0.39 is 10.0 Å². The number of hydrogen-bond donors (Lipinski definition) is 0. The van der Waals surface area contributed by atoms with Crippen LogP contribution in [0.15, 0.2) is 47.4 Å². The Morgan fingerprint density at radius 2 is 1.91 bits per heavy atom. The molecule has 2 aromatic rings. The molecule has 1 unspecified atom stereocenters. The Hall–Kier alpha value is -1.28. The molecule has 0 saturated carbocycles. The molecule has 0 aliphatic carbocycles. The van der Waals surface area contributed by atoms with Crippen LogP contribution in [0.5, 0.6) is 5.75 Å². The maximum absolute atomic E-state index is 13.1. The number of alkyl halides is 1. The highest BCUT2D eigenvalue weighted by molar-refractivity contribution is 14.1. The van der Waals surface area contributed by atoms with Crippen LogP contribution in [0.1, 0.15) is 11.1 Å². The molecule has 4 nitrogen and oxygen atoms in total. The lowest BCUT2D eigenvalue weighted by Crippen LogP contribution is -2.38. The SMILES string of the molecule is COc1ccc2c(c1)CC(CI)N2S(=O)(=O)c1ccc(C)cc1. The molecule has 0 amide bonds. The molecule has 3 rings (SSSR count). The van der Waals surface area contributed by atoms with Crippen LogP contribution < -0.4 is 9.04 Å². The zero-order valence-electron chi connectivity index (χ0n) is 13.0. The van der Waals surface area contributed by atoms with Crippen molar-refractivity contribution in [1.82, 2.24) is 0 Å². The van der Waals surface area contributed by atoms with Crippen LogP contribution in [0.2, 0.25) is 0 Å². The molecule has 1 aliphatic rings. The van der Waals surface area contributed by atoms with E-state index in [2.05, 4.69) is 22.6 Å². The van der Waals surface area contributed by atoms with Gasteiger partial charge < -0.3 is 4.74 Å². The first-order valence-corrected chi connectivity index (χ1v) is 10.3. The molecule has 0 bridgehead atoms. The molecule has 1 aliphatic heterocycles. The highest BCUT2D eigenvalue weighted by Gasteiger charge is 2.38. The third-order valence-corrected chi connectivity index (χ3v) is 6.96. The van der Waals surface area contributed by atoms with Gasteiger partial charge in [0.25, 0.3) is 10.0 Å². The van der Waals surface area contributed by atoms with Gasteiger partial charge in [-0.2, -0.15) is 0 Å². The molecular weight excluding hydrogens is 425 g/mol. The summed E-state index contributed by atoms with van der Waals surface area (Å²) in [7, 11) is -1.94. The number of benzene rings is 2. The number of methoxy groups -OCH3 is 1. The Morgan fingerprint density at radius 1 is 1.22 bits per heavy atom. The molecule has 122 valence electrons. The lowest BCUT2D eigenvalue weighted by Gasteiger charge is -2.26. The molecule has 0 fully saturated rings. The minimum absolute atomic E-state index is 0.0657. The first-order valence-electron chi connectivity index (χ1n) is 7.31. The third-order valence-electron chi connectivity index (χ3n) is 4.07. The zero-order chi connectivity index (χ0) is 16.6. The van der Waals surface area contributed by atoms with Gasteiger partial charge in [0.05, 0.1) is 23.7 Å². The van der Waals surface area contributed by atoms with Crippen molar-refractivity contribution in [3.05, 3.63) is 53.6 Å². The van der Waals surface area contributed by atoms with Gasteiger partial charge in [-0.25, -0.2) is 8.42 Å². The van der Waals surface area contributed by atoms with Gasteiger partial charge in [0.2, 0.25) is 0 Å². The van der Waals surface area contributed by atoms with Gasteiger partial charge in [0.15, 0.2) is 0 Å². The lowest BCUT2D eigenvalue weighted by molar-refractivity contribution is 0.414. The highest BCUT2D eigenvalue weighted by atomic mass is 127. The maximum Gasteiger partial charge on any atom is 0.264 e. The van der Waals surface area contributed by atoms with Gasteiger partial charge in [0.1, 0.15) is 5.75 Å². The van der Waals surface area contributed by atoms with Crippen LogP contribution in [-0.4, -0.2) is 26.0 Å². The fourth-order valence-corrected chi connectivity index (χ4v) is 5.53. The molecule has 0 N–H and O–H groups in total. The number of nitrogens with zero attached hydrogens (tertiary/aromatic N) is 1. The summed E-state index contributed by atoms with van der Waals surface area (Å²) in [6.07, 6.45) is 0.709. The first kappa shape index (κ1) is 16.6. The zero-order valence-corrected chi connectivity index (χ0v) is 16.0. The number of fused-ring (bicyclic) bond motifs is 1. The third kappa shape index (κ3) is 2.94. The van der Waals surface area contributed by atoms with E-state index in [-0.39, 0.29) is 6.04 Å². The van der Waals surface area contributed by atoms with E-state index >= 15 is 0 Å². The second kappa shape index (κ2) is 6.32. The second-order valence-electron chi connectivity index (χ2n) is 5.62. The van der Waals surface area contributed by atoms with Crippen LogP contribution in [0.4, 0.5) is 5.69 Å². The summed E-state index contributed by atoms with van der Waals surface area (Å²) in [5.74, 6) is 0.755. The van der Waals surface area contributed by atoms with Crippen molar-refractivity contribution in [3.63, 3.8) is 0 Å². The summed E-state index contributed by atoms with van der Waals surface area (Å²) in [5, 5.41) is 0. The van der Waals surface area contributed by atoms with E-state index in [0.29, 0.717) is 11.3 Å². The van der Waals surface area contributed by atoms with Crippen molar-refractivity contribution in [2.24, 2.45) is 0 Å². The minimum atomic E-state index is -3.56. The molecule has 6 heteroatoms. The summed E-state index contributed by atoms with van der Waals surface area (Å²) in [6.45, 7) is 1.95. The van der Waals surface area contributed by atoms with E-state index in [0.717, 1.165) is 27.0 Å². The standard InChI is InChI=1S/C17H18INO3S/c1-12-3-6-16(7-4-12)23(20,21)19-14(11-18)9-13-10-15(22-2)5-8-17(13)19/h3-8,10,14H,9,11H2,1-2H3. The summed E-state index contributed by atoms with van der Waals surface area (Å²) >= 11 is 2.25. The summed E-state index contributed by atoms with van der Waals surface area (Å²) in [4.78, 5) is 0.335. The maximum atomic E-state index is 13.1. The van der Waals surface area contributed by atoms with Crippen LogP contribution in [-0.2, 0) is 16.4 Å². The quantitative estimate of drug-likeness (QED) is 0.537. The molecular formula is C17H18INO3S. The molecule has 0 radical (unpaired) electrons. The molecule has 23 heavy (non-hydrogen) atoms. The van der Waals surface area contributed by atoms with Crippen molar-refractivity contribution in [1.29, 1.82) is 0 Å². The van der Waals surface area contributed by atoms with Crippen LogP contribution in [0.3, 0.4) is 0 Å². The molecule has 0 spiro atoms. The lowest BCUT2D eigenvalue weighted by atomic mass is 10.1. The number of hydrogen-bond acceptors (Lipinski definition) is 3. The van der Waals surface area contributed by atoms with Crippen LogP contribution in [0, 0.1) is 6.92 Å². The van der Waals surface area contributed by atoms with Gasteiger partial charge in [-0.3, -0.25) is 4.31 Å². The van der Waals surface area contributed by atoms with Crippen LogP contribution in [0.25, 0.3) is 0 Å². The van der Waals surface area contributed by atoms with Crippen molar-refractivity contribution < 1.29 is 13.2 Å². The number of ether oxygens (including phenoxy) is 1. The fourth-order valence-electron chi connectivity index (χ4n) is 2.87. The van der Waals surface area contributed by atoms with Crippen molar-refractivity contribution in [2.45, 2.75) is 24.3 Å². The topological polar surface area (TPSA) is 46.6 Å². The molecule has 0 aromatic heterocycles. The Labute approximate surface area is 150 Å². The van der Waals surface area contributed by atoms with Crippen molar-refractivity contribution in [2.75, 3.05) is 15.8 Å². The van der Waals surface area contributed by atoms with Crippen molar-refractivity contribution >= 4 is 38.3 Å². The van der Waals surface area contributed by atoms with E-state index in [1.54, 1.807) is 23.5 Å². The number of halogens is 1. The molecule has 0 saturated heterocycles. The number of aryl methyl sites for hydroxylation is 1. The predicted octanol–water partition coefficient (Wildman–Crippen LogP) is 3.56. The van der Waals surface area contributed by atoms with E-state index in [9.17, 15) is 8.42 Å². The fraction of sp³-hybridized carbons (Fsp3) is 0.294. The van der Waals surface area contributed by atoms with Gasteiger partial charge >= 0.3 is 0 Å². The molecule has 1 heterocycles. The van der Waals surface area contributed by atoms with Gasteiger partial charge in [-0.05, 0) is 49.2 Å². The van der Waals surface area contributed by atoms with E-state index in [1.165, 1.54) is 0 Å². The average molecular weight is 443 g/mol. The van der Waals surface area contributed by atoms with E-state index in [1.807, 2.05) is 37.3 Å². The Balaban J connectivity index is 2.09. The van der Waals surface area contributed by atoms with Crippen LogP contribution >= 0.6 is 22.6 Å². The van der Waals surface area contributed by atoms with Crippen molar-refractivity contribution in [3.8, 4) is 5.75 Å². The van der Waals surface area contributed by atoms with E-state index in [4.69, 9.17) is 4.74 Å². The average Bonchev–Trinajstić information content (AvgIpc) is 2.93. The first-order chi connectivity index (χ1) is 11.0. The predicted molar refractivity (Wildman–Crippen MR) is 100 cm³/mol. The smallest absolute Gasteiger partial charge is 0.264 e. The summed E-state index contributed by atoms with van der Waals surface area (Å²) in [6, 6.07) is 12.5. The number of sulfonamides is 1. The Morgan fingerprint density at radius 3 is 2.52 bits per heavy atom. The molecule has 2 aromatic carbocycles.